The summed E-state index contributed by atoms with van der Waals surface area (Å²) in [7, 11) is 0. The summed E-state index contributed by atoms with van der Waals surface area (Å²) in [4.78, 5) is 16.4. The average molecular weight is 316 g/mol. The summed E-state index contributed by atoms with van der Waals surface area (Å²) < 4.78 is 0. The van der Waals surface area contributed by atoms with E-state index in [0.29, 0.717) is 24.4 Å². The SMILES string of the molecule is Cc1ccc(NCCCNC(=O)CC2CC3CCC(C2)N3)nc1. The van der Waals surface area contributed by atoms with E-state index in [1.54, 1.807) is 0 Å². The molecule has 1 amide bonds. The molecule has 0 aliphatic carbocycles. The molecule has 2 fully saturated rings. The van der Waals surface area contributed by atoms with Gasteiger partial charge in [0.25, 0.3) is 0 Å². The highest BCUT2D eigenvalue weighted by molar-refractivity contribution is 5.76. The number of aromatic nitrogens is 1. The molecule has 3 heterocycles. The smallest absolute Gasteiger partial charge is 0.220 e. The third-order valence-corrected chi connectivity index (χ3v) is 4.94. The summed E-state index contributed by atoms with van der Waals surface area (Å²) in [5.74, 6) is 1.68. The van der Waals surface area contributed by atoms with Gasteiger partial charge in [-0.3, -0.25) is 4.79 Å². The van der Waals surface area contributed by atoms with E-state index in [-0.39, 0.29) is 5.91 Å². The van der Waals surface area contributed by atoms with Crippen LogP contribution in [0, 0.1) is 12.8 Å². The van der Waals surface area contributed by atoms with Crippen molar-refractivity contribution in [1.29, 1.82) is 0 Å². The molecule has 5 heteroatoms. The number of anilines is 1. The van der Waals surface area contributed by atoms with Crippen LogP contribution in [0.3, 0.4) is 0 Å². The van der Waals surface area contributed by atoms with Crippen LogP contribution in [0.15, 0.2) is 18.3 Å². The summed E-state index contributed by atoms with van der Waals surface area (Å²) in [6, 6.07) is 5.36. The summed E-state index contributed by atoms with van der Waals surface area (Å²) >= 11 is 0. The molecule has 3 rings (SSSR count). The molecule has 0 saturated carbocycles. The third kappa shape index (κ3) is 4.93. The fourth-order valence-electron chi connectivity index (χ4n) is 3.78. The number of hydrogen-bond acceptors (Lipinski definition) is 4. The first-order valence-corrected chi connectivity index (χ1v) is 8.88. The Labute approximate surface area is 138 Å². The van der Waals surface area contributed by atoms with Crippen LogP contribution in [0.1, 0.15) is 44.1 Å². The number of nitrogens with zero attached hydrogens (tertiary/aromatic N) is 1. The molecule has 126 valence electrons. The molecule has 2 atom stereocenters. The Bertz CT molecular complexity index is 504. The molecule has 0 radical (unpaired) electrons. The van der Waals surface area contributed by atoms with Gasteiger partial charge in [0.1, 0.15) is 5.82 Å². The second-order valence-electron chi connectivity index (χ2n) is 7.03. The van der Waals surface area contributed by atoms with Gasteiger partial charge in [-0.15, -0.1) is 0 Å². The zero-order valence-electron chi connectivity index (χ0n) is 14.0. The van der Waals surface area contributed by atoms with E-state index in [9.17, 15) is 4.79 Å². The van der Waals surface area contributed by atoms with E-state index >= 15 is 0 Å². The normalized spacial score (nSPS) is 26.0. The molecule has 2 unspecified atom stereocenters. The zero-order chi connectivity index (χ0) is 16.1. The van der Waals surface area contributed by atoms with Crippen LogP contribution >= 0.6 is 0 Å². The fourth-order valence-corrected chi connectivity index (χ4v) is 3.78. The van der Waals surface area contributed by atoms with Crippen molar-refractivity contribution in [2.75, 3.05) is 18.4 Å². The fraction of sp³-hybridized carbons (Fsp3) is 0.667. The van der Waals surface area contributed by atoms with Crippen LogP contribution in [-0.2, 0) is 4.79 Å². The lowest BCUT2D eigenvalue weighted by atomic mass is 9.89. The van der Waals surface area contributed by atoms with Crippen molar-refractivity contribution in [3.8, 4) is 0 Å². The van der Waals surface area contributed by atoms with Crippen LogP contribution in [-0.4, -0.2) is 36.1 Å². The average Bonchev–Trinajstić information content (AvgIpc) is 2.87. The lowest BCUT2D eigenvalue weighted by molar-refractivity contribution is -0.122. The zero-order valence-corrected chi connectivity index (χ0v) is 14.0. The highest BCUT2D eigenvalue weighted by Crippen LogP contribution is 2.32. The van der Waals surface area contributed by atoms with Crippen molar-refractivity contribution in [3.63, 3.8) is 0 Å². The highest BCUT2D eigenvalue weighted by atomic mass is 16.1. The first-order valence-electron chi connectivity index (χ1n) is 8.88. The molecule has 23 heavy (non-hydrogen) atoms. The number of nitrogens with one attached hydrogen (secondary N) is 3. The maximum Gasteiger partial charge on any atom is 0.220 e. The van der Waals surface area contributed by atoms with Crippen molar-refractivity contribution < 1.29 is 4.79 Å². The number of rotatable bonds is 7. The van der Waals surface area contributed by atoms with Gasteiger partial charge in [-0.2, -0.15) is 0 Å². The van der Waals surface area contributed by atoms with Crippen molar-refractivity contribution in [3.05, 3.63) is 23.9 Å². The van der Waals surface area contributed by atoms with Crippen molar-refractivity contribution in [1.82, 2.24) is 15.6 Å². The Morgan fingerprint density at radius 1 is 1.26 bits per heavy atom. The third-order valence-electron chi connectivity index (χ3n) is 4.94. The molecule has 1 aromatic heterocycles. The van der Waals surface area contributed by atoms with Gasteiger partial charge in [0.05, 0.1) is 0 Å². The summed E-state index contributed by atoms with van der Waals surface area (Å²) in [5, 5.41) is 9.96. The van der Waals surface area contributed by atoms with E-state index in [0.717, 1.165) is 30.9 Å². The minimum atomic E-state index is 0.213. The Balaban J connectivity index is 1.27. The quantitative estimate of drug-likeness (QED) is 0.675. The molecule has 0 spiro atoms. The maximum absolute atomic E-state index is 12.1. The Morgan fingerprint density at radius 3 is 2.74 bits per heavy atom. The lowest BCUT2D eigenvalue weighted by Gasteiger charge is -2.28. The second-order valence-corrected chi connectivity index (χ2v) is 7.03. The number of pyridine rings is 1. The Kier molecular flexibility index (Phi) is 5.49. The van der Waals surface area contributed by atoms with E-state index < -0.39 is 0 Å². The Hall–Kier alpha value is -1.62. The van der Waals surface area contributed by atoms with Gasteiger partial charge in [-0.05, 0) is 56.6 Å². The molecular weight excluding hydrogens is 288 g/mol. The molecule has 2 saturated heterocycles. The van der Waals surface area contributed by atoms with E-state index in [2.05, 4.69) is 20.9 Å². The maximum atomic E-state index is 12.1. The summed E-state index contributed by atoms with van der Waals surface area (Å²) in [6.07, 6.45) is 8.40. The molecule has 2 aliphatic heterocycles. The monoisotopic (exact) mass is 316 g/mol. The first kappa shape index (κ1) is 16.2. The molecule has 5 nitrogen and oxygen atoms in total. The molecule has 1 aromatic rings. The minimum absolute atomic E-state index is 0.213. The summed E-state index contributed by atoms with van der Waals surface area (Å²) in [5.41, 5.74) is 1.16. The standard InChI is InChI=1S/C18H28N4O/c1-13-3-6-17(21-12-13)19-7-2-8-20-18(23)11-14-9-15-4-5-16(10-14)22-15/h3,6,12,14-16,22H,2,4-5,7-11H2,1H3,(H,19,21)(H,20,23). The van der Waals surface area contributed by atoms with Gasteiger partial charge in [0.15, 0.2) is 0 Å². The van der Waals surface area contributed by atoms with Gasteiger partial charge in [0, 0.05) is 37.8 Å². The first-order chi connectivity index (χ1) is 11.2. The van der Waals surface area contributed by atoms with Gasteiger partial charge < -0.3 is 16.0 Å². The number of aryl methyl sites for hydroxylation is 1. The lowest BCUT2D eigenvalue weighted by Crippen LogP contribution is -2.39. The van der Waals surface area contributed by atoms with Crippen LogP contribution in [0.5, 0.6) is 0 Å². The minimum Gasteiger partial charge on any atom is -0.370 e. The van der Waals surface area contributed by atoms with Crippen molar-refractivity contribution >= 4 is 11.7 Å². The number of hydrogen-bond donors (Lipinski definition) is 3. The number of carbonyl (C=O) groups is 1. The van der Waals surface area contributed by atoms with Crippen molar-refractivity contribution in [2.24, 2.45) is 5.92 Å². The number of amides is 1. The van der Waals surface area contributed by atoms with E-state index in [1.807, 2.05) is 25.3 Å². The van der Waals surface area contributed by atoms with Crippen LogP contribution < -0.4 is 16.0 Å². The van der Waals surface area contributed by atoms with Crippen LogP contribution in [0.4, 0.5) is 5.82 Å². The topological polar surface area (TPSA) is 66.0 Å². The predicted octanol–water partition coefficient (Wildman–Crippen LogP) is 2.23. The number of piperidine rings is 1. The second kappa shape index (κ2) is 7.77. The Morgan fingerprint density at radius 2 is 2.04 bits per heavy atom. The van der Waals surface area contributed by atoms with Gasteiger partial charge in [-0.25, -0.2) is 4.98 Å². The largest absolute Gasteiger partial charge is 0.370 e. The van der Waals surface area contributed by atoms with Crippen molar-refractivity contribution in [2.45, 2.75) is 57.5 Å². The molecule has 3 N–H and O–H groups in total. The van der Waals surface area contributed by atoms with Gasteiger partial charge in [0.2, 0.25) is 5.91 Å². The predicted molar refractivity (Wildman–Crippen MR) is 92.4 cm³/mol. The molecule has 2 aliphatic rings. The van der Waals surface area contributed by atoms with Gasteiger partial charge in [-0.1, -0.05) is 6.07 Å². The molecule has 0 aromatic carbocycles. The van der Waals surface area contributed by atoms with E-state index in [4.69, 9.17) is 0 Å². The van der Waals surface area contributed by atoms with Crippen LogP contribution in [0.2, 0.25) is 0 Å². The number of fused-ring (bicyclic) bond motifs is 2. The van der Waals surface area contributed by atoms with E-state index in [1.165, 1.54) is 25.7 Å². The molecule has 2 bridgehead atoms. The number of carbonyl (C=O) groups excluding carboxylic acids is 1. The van der Waals surface area contributed by atoms with Gasteiger partial charge >= 0.3 is 0 Å². The summed E-state index contributed by atoms with van der Waals surface area (Å²) in [6.45, 7) is 3.59. The van der Waals surface area contributed by atoms with Crippen LogP contribution in [0.25, 0.3) is 0 Å². The highest BCUT2D eigenvalue weighted by Gasteiger charge is 2.33. The molecular formula is C18H28N4O.